The second-order valence-corrected chi connectivity index (χ2v) is 19.8. The highest BCUT2D eigenvalue weighted by molar-refractivity contribution is 5.67. The zero-order chi connectivity index (χ0) is 56.4. The largest absolute Gasteiger partial charge is 0.447 e. The van der Waals surface area contributed by atoms with Crippen molar-refractivity contribution >= 4 is 18.3 Å². The summed E-state index contributed by atoms with van der Waals surface area (Å²) >= 11 is 0. The lowest BCUT2D eigenvalue weighted by atomic mass is 10.2. The number of hydrogen-bond acceptors (Lipinski definition) is 19. The maximum absolute atomic E-state index is 13.7. The fraction of sp³-hybridized carbons (Fsp3) is 0.887. The third kappa shape index (κ3) is 33.4. The highest BCUT2D eigenvalue weighted by atomic mass is 16.6. The summed E-state index contributed by atoms with van der Waals surface area (Å²) < 4.78 is 62.6. The summed E-state index contributed by atoms with van der Waals surface area (Å²) in [5.74, 6) is 0. The molecule has 0 aromatic carbocycles. The van der Waals surface area contributed by atoms with E-state index in [1.165, 1.54) is 9.13 Å². The molecule has 452 valence electrons. The van der Waals surface area contributed by atoms with Crippen LogP contribution < -0.4 is 33.0 Å². The van der Waals surface area contributed by atoms with Gasteiger partial charge >= 0.3 is 35.3 Å². The molecule has 3 rings (SSSR count). The van der Waals surface area contributed by atoms with Crippen LogP contribution in [0.3, 0.4) is 0 Å². The van der Waals surface area contributed by atoms with E-state index >= 15 is 0 Å². The maximum atomic E-state index is 13.7. The summed E-state index contributed by atoms with van der Waals surface area (Å²) in [5.41, 5.74) is -1.86. The van der Waals surface area contributed by atoms with Gasteiger partial charge in [0.05, 0.1) is 99.1 Å². The third-order valence-corrected chi connectivity index (χ3v) is 12.8. The van der Waals surface area contributed by atoms with Crippen molar-refractivity contribution in [1.82, 2.24) is 39.5 Å². The topological polar surface area (TPSA) is 261 Å². The van der Waals surface area contributed by atoms with E-state index in [0.29, 0.717) is 182 Å². The lowest BCUT2D eigenvalue weighted by Gasteiger charge is -2.15. The molecule has 0 saturated carbocycles. The third-order valence-electron chi connectivity index (χ3n) is 12.8. The van der Waals surface area contributed by atoms with E-state index < -0.39 is 35.3 Å². The monoisotopic (exact) mass is 1120 g/mol. The first kappa shape index (κ1) is 68.1. The van der Waals surface area contributed by atoms with Crippen LogP contribution in [-0.4, -0.2) is 225 Å². The van der Waals surface area contributed by atoms with Crippen molar-refractivity contribution in [3.8, 4) is 0 Å². The number of nitrogens with zero attached hydrogens (tertiary/aromatic N) is 5. The zero-order valence-electron chi connectivity index (χ0n) is 47.9. The highest BCUT2D eigenvalue weighted by Gasteiger charge is 2.31. The number of amides is 3. The summed E-state index contributed by atoms with van der Waals surface area (Å²) in [6.45, 7) is 20.2. The van der Waals surface area contributed by atoms with E-state index in [1.54, 1.807) is 7.11 Å². The molecule has 6 unspecified atom stereocenters. The quantitative estimate of drug-likeness (QED) is 0.0481. The summed E-state index contributed by atoms with van der Waals surface area (Å²) in [7, 11) is 1.63. The van der Waals surface area contributed by atoms with Crippen molar-refractivity contribution in [1.29, 1.82) is 0 Å². The minimum atomic E-state index is -0.620. The Hall–Kier alpha value is -4.18. The molecule has 1 aromatic rings. The first-order chi connectivity index (χ1) is 37.9. The van der Waals surface area contributed by atoms with Crippen LogP contribution >= 0.6 is 0 Å². The Morgan fingerprint density at radius 3 is 0.987 bits per heavy atom. The molecule has 25 heteroatoms. The number of methoxy groups -OCH3 is 1. The van der Waals surface area contributed by atoms with Gasteiger partial charge in [-0.1, -0.05) is 38.5 Å². The minimum absolute atomic E-state index is 0.0919. The number of carbonyl (C=O) groups excluding carboxylic acids is 3. The molecule has 3 heterocycles. The van der Waals surface area contributed by atoms with Crippen molar-refractivity contribution in [2.45, 2.75) is 149 Å². The Labute approximate surface area is 461 Å². The maximum Gasteiger partial charge on any atom is 0.407 e. The summed E-state index contributed by atoms with van der Waals surface area (Å²) in [6, 6.07) is 1.08. The van der Waals surface area contributed by atoms with Crippen molar-refractivity contribution in [2.75, 3.05) is 159 Å². The average Bonchev–Trinajstić information content (AvgIpc) is 4.33. The van der Waals surface area contributed by atoms with E-state index in [2.05, 4.69) is 39.6 Å². The Bertz CT molecular complexity index is 1830. The lowest BCUT2D eigenvalue weighted by Crippen LogP contribution is -2.54. The van der Waals surface area contributed by atoms with Gasteiger partial charge in [0.2, 0.25) is 0 Å². The molecule has 0 spiro atoms. The van der Waals surface area contributed by atoms with Crippen LogP contribution in [0.15, 0.2) is 14.4 Å². The smallest absolute Gasteiger partial charge is 0.407 e. The predicted molar refractivity (Wildman–Crippen MR) is 292 cm³/mol. The molecule has 0 aliphatic carbocycles. The standard InChI is InChI=1S/C53H98N8O17/c1-44-40-57(44)42-46(3)77-49(63)55-19-13-7-10-16-22-60-51(65)59(52(66)61(53(60)67)23-17-11-8-14-20-56-50(64)78-47(4)43-58-41-45(58)2)21-15-9-6-12-18-54-48(62)76-39-38-75-37-36-74-35-34-73-33-32-72-31-30-71-29-28-70-27-26-69-25-24-68-5/h44-47H,6-43H2,1-5H3,(H,54,62)(H,55,63)(H,56,64). The van der Waals surface area contributed by atoms with Crippen LogP contribution in [0.5, 0.6) is 0 Å². The van der Waals surface area contributed by atoms with Crippen molar-refractivity contribution in [2.24, 2.45) is 0 Å². The van der Waals surface area contributed by atoms with Crippen LogP contribution in [-0.2, 0) is 71.7 Å². The Morgan fingerprint density at radius 1 is 0.423 bits per heavy atom. The van der Waals surface area contributed by atoms with Crippen LogP contribution in [0.2, 0.25) is 0 Å². The number of unbranched alkanes of at least 4 members (excludes halogenated alkanes) is 9. The number of hydrogen-bond donors (Lipinski definition) is 3. The van der Waals surface area contributed by atoms with Crippen LogP contribution in [0, 0.1) is 0 Å². The highest BCUT2D eigenvalue weighted by Crippen LogP contribution is 2.17. The second kappa shape index (κ2) is 43.6. The first-order valence-electron chi connectivity index (χ1n) is 28.7. The van der Waals surface area contributed by atoms with Gasteiger partial charge in [-0.3, -0.25) is 9.80 Å². The van der Waals surface area contributed by atoms with Gasteiger partial charge in [-0.25, -0.2) is 42.5 Å². The van der Waals surface area contributed by atoms with Crippen molar-refractivity contribution < 1.29 is 66.5 Å². The molecule has 78 heavy (non-hydrogen) atoms. The van der Waals surface area contributed by atoms with E-state index in [-0.39, 0.29) is 45.1 Å². The van der Waals surface area contributed by atoms with Gasteiger partial charge in [-0.15, -0.1) is 0 Å². The Kier molecular flexibility index (Phi) is 38.1. The number of ether oxygens (including phenoxy) is 11. The van der Waals surface area contributed by atoms with Gasteiger partial charge in [-0.05, 0) is 66.2 Å². The SMILES string of the molecule is COCCOCCOCCOCCOCCOCCOCCOCCOC(=O)NCCCCCCn1c(=O)n(CCCCCCNC(=O)OC(C)CN2CC2C)c(=O)n(CCCCCCNC(=O)OC(C)CN2CC2C)c1=O. The zero-order valence-corrected chi connectivity index (χ0v) is 47.9. The Balaban J connectivity index is 1.25. The molecule has 0 radical (unpaired) electrons. The van der Waals surface area contributed by atoms with Gasteiger partial charge < -0.3 is 68.1 Å². The number of aromatic nitrogens is 3. The number of nitrogens with one attached hydrogen (secondary N) is 3. The summed E-state index contributed by atoms with van der Waals surface area (Å²) in [5, 5.41) is 8.33. The summed E-state index contributed by atoms with van der Waals surface area (Å²) in [4.78, 5) is 82.0. The molecule has 0 bridgehead atoms. The van der Waals surface area contributed by atoms with Gasteiger partial charge in [-0.2, -0.15) is 0 Å². The number of rotatable bonds is 51. The van der Waals surface area contributed by atoms with Crippen molar-refractivity contribution in [3.63, 3.8) is 0 Å². The summed E-state index contributed by atoms with van der Waals surface area (Å²) in [6.07, 6.45) is 6.30. The normalized spacial score (nSPS) is 17.3. The van der Waals surface area contributed by atoms with E-state index in [4.69, 9.17) is 52.1 Å². The first-order valence-corrected chi connectivity index (χ1v) is 28.7. The molecule has 3 N–H and O–H groups in total. The second-order valence-electron chi connectivity index (χ2n) is 19.8. The van der Waals surface area contributed by atoms with E-state index in [0.717, 1.165) is 50.0 Å². The van der Waals surface area contributed by atoms with Gasteiger partial charge in [0, 0.05) is 84.6 Å². The van der Waals surface area contributed by atoms with Crippen LogP contribution in [0.25, 0.3) is 0 Å². The fourth-order valence-electron chi connectivity index (χ4n) is 8.16. The molecule has 2 aliphatic heterocycles. The fourth-order valence-corrected chi connectivity index (χ4v) is 8.16. The number of carbonyl (C=O) groups is 3. The molecule has 2 fully saturated rings. The molecule has 25 nitrogen and oxygen atoms in total. The Morgan fingerprint density at radius 2 is 0.692 bits per heavy atom. The van der Waals surface area contributed by atoms with Gasteiger partial charge in [0.15, 0.2) is 0 Å². The molecule has 6 atom stereocenters. The van der Waals surface area contributed by atoms with Crippen LogP contribution in [0.4, 0.5) is 14.4 Å². The molecule has 2 saturated heterocycles. The van der Waals surface area contributed by atoms with E-state index in [1.807, 2.05) is 13.8 Å². The average molecular weight is 1120 g/mol. The lowest BCUT2D eigenvalue weighted by molar-refractivity contribution is -0.0231. The van der Waals surface area contributed by atoms with E-state index in [9.17, 15) is 28.8 Å². The molecular weight excluding hydrogens is 1020 g/mol. The van der Waals surface area contributed by atoms with Crippen LogP contribution in [0.1, 0.15) is 105 Å². The van der Waals surface area contributed by atoms with Gasteiger partial charge in [0.1, 0.15) is 18.8 Å². The van der Waals surface area contributed by atoms with Gasteiger partial charge in [0.25, 0.3) is 0 Å². The predicted octanol–water partition coefficient (Wildman–Crippen LogP) is 2.98. The van der Waals surface area contributed by atoms with Crippen molar-refractivity contribution in [3.05, 3.63) is 31.5 Å². The molecule has 3 amide bonds. The molecular formula is C53H98N8O17. The number of alkyl carbamates (subject to hydrolysis) is 3. The minimum Gasteiger partial charge on any atom is -0.447 e. The molecule has 1 aromatic heterocycles. The molecule has 2 aliphatic rings.